The second kappa shape index (κ2) is 6.99. The number of nitrogen functional groups attached to an aromatic ring is 1. The molecule has 1 rings (SSSR count). The van der Waals surface area contributed by atoms with E-state index in [9.17, 15) is 4.79 Å². The quantitative estimate of drug-likeness (QED) is 0.606. The molecule has 0 amide bonds. The van der Waals surface area contributed by atoms with E-state index >= 15 is 0 Å². The van der Waals surface area contributed by atoms with E-state index in [-0.39, 0.29) is 12.0 Å². The van der Waals surface area contributed by atoms with Crippen LogP contribution >= 0.6 is 0 Å². The summed E-state index contributed by atoms with van der Waals surface area (Å²) in [5.74, 6) is -0.357. The summed E-state index contributed by atoms with van der Waals surface area (Å²) in [4.78, 5) is 13.6. The van der Waals surface area contributed by atoms with Gasteiger partial charge in [-0.15, -0.1) is 0 Å². The Labute approximate surface area is 114 Å². The van der Waals surface area contributed by atoms with Gasteiger partial charge in [0.15, 0.2) is 0 Å². The Hall–Kier alpha value is -1.75. The monoisotopic (exact) mass is 265 g/mol. The van der Waals surface area contributed by atoms with Gasteiger partial charge in [-0.2, -0.15) is 0 Å². The average molecular weight is 265 g/mol. The lowest BCUT2D eigenvalue weighted by molar-refractivity contribution is 0.0601. The van der Waals surface area contributed by atoms with E-state index < -0.39 is 0 Å². The zero-order valence-corrected chi connectivity index (χ0v) is 12.1. The fraction of sp³-hybridized carbons (Fsp3) is 0.500. The van der Waals surface area contributed by atoms with E-state index in [1.165, 1.54) is 7.11 Å². The van der Waals surface area contributed by atoms with Gasteiger partial charge in [0.25, 0.3) is 0 Å². The summed E-state index contributed by atoms with van der Waals surface area (Å²) < 4.78 is 4.70. The highest BCUT2D eigenvalue weighted by molar-refractivity contribution is 5.91. The van der Waals surface area contributed by atoms with Gasteiger partial charge in [0.2, 0.25) is 0 Å². The van der Waals surface area contributed by atoms with Gasteiger partial charge in [0.1, 0.15) is 0 Å². The molecule has 5 nitrogen and oxygen atoms in total. The van der Waals surface area contributed by atoms with Gasteiger partial charge >= 0.3 is 5.97 Å². The number of nitrogens with one attached hydrogen (secondary N) is 1. The number of nitrogens with two attached hydrogens (primary N) is 1. The number of rotatable bonds is 6. The van der Waals surface area contributed by atoms with Crippen LogP contribution in [0.25, 0.3) is 0 Å². The number of nitrogens with zero attached hydrogens (tertiary/aromatic N) is 1. The fourth-order valence-corrected chi connectivity index (χ4v) is 1.72. The number of carbonyl (C=O) groups is 1. The highest BCUT2D eigenvalue weighted by atomic mass is 16.5. The first-order chi connectivity index (χ1) is 8.93. The Kier molecular flexibility index (Phi) is 5.63. The maximum Gasteiger partial charge on any atom is 0.337 e. The zero-order valence-electron chi connectivity index (χ0n) is 12.1. The van der Waals surface area contributed by atoms with Crippen LogP contribution in [0.1, 0.15) is 23.7 Å². The first kappa shape index (κ1) is 15.3. The standard InChI is InChI=1S/C14H23N3O2/c1-10(7-8-17(2)3)16-13-9-11(14(18)19-4)5-6-12(13)15/h5-6,9-10,16H,7-8,15H2,1-4H3. The van der Waals surface area contributed by atoms with Crippen molar-refractivity contribution in [3.05, 3.63) is 23.8 Å². The van der Waals surface area contributed by atoms with E-state index in [1.807, 2.05) is 14.1 Å². The smallest absolute Gasteiger partial charge is 0.337 e. The van der Waals surface area contributed by atoms with Crippen LogP contribution in [0.5, 0.6) is 0 Å². The van der Waals surface area contributed by atoms with Crippen LogP contribution in [0, 0.1) is 0 Å². The molecule has 0 aromatic heterocycles. The average Bonchev–Trinajstić information content (AvgIpc) is 2.38. The molecule has 1 aromatic carbocycles. The van der Waals surface area contributed by atoms with Crippen molar-refractivity contribution in [1.82, 2.24) is 4.90 Å². The molecule has 0 saturated carbocycles. The Bertz CT molecular complexity index is 433. The van der Waals surface area contributed by atoms with Crippen LogP contribution in [-0.4, -0.2) is 44.7 Å². The largest absolute Gasteiger partial charge is 0.465 e. The number of hydrogen-bond acceptors (Lipinski definition) is 5. The molecule has 0 fully saturated rings. The summed E-state index contributed by atoms with van der Waals surface area (Å²) in [7, 11) is 5.45. The highest BCUT2D eigenvalue weighted by Gasteiger charge is 2.10. The summed E-state index contributed by atoms with van der Waals surface area (Å²) in [6, 6.07) is 5.38. The maximum atomic E-state index is 11.5. The zero-order chi connectivity index (χ0) is 14.4. The number of esters is 1. The highest BCUT2D eigenvalue weighted by Crippen LogP contribution is 2.21. The first-order valence-corrected chi connectivity index (χ1v) is 6.33. The lowest BCUT2D eigenvalue weighted by Crippen LogP contribution is -2.23. The van der Waals surface area contributed by atoms with Gasteiger partial charge in [0, 0.05) is 6.04 Å². The first-order valence-electron chi connectivity index (χ1n) is 6.33. The molecular formula is C14H23N3O2. The third kappa shape index (κ3) is 4.79. The molecule has 3 N–H and O–H groups in total. The van der Waals surface area contributed by atoms with Crippen molar-refractivity contribution >= 4 is 17.3 Å². The number of anilines is 2. The molecule has 0 aliphatic heterocycles. The molecule has 5 heteroatoms. The topological polar surface area (TPSA) is 67.6 Å². The van der Waals surface area contributed by atoms with Crippen molar-refractivity contribution < 1.29 is 9.53 Å². The molecule has 0 saturated heterocycles. The number of benzene rings is 1. The van der Waals surface area contributed by atoms with Crippen LogP contribution < -0.4 is 11.1 Å². The van der Waals surface area contributed by atoms with Crippen molar-refractivity contribution in [2.24, 2.45) is 0 Å². The van der Waals surface area contributed by atoms with Gasteiger partial charge in [-0.25, -0.2) is 4.79 Å². The molecule has 0 spiro atoms. The number of carbonyl (C=O) groups excluding carboxylic acids is 1. The molecule has 0 heterocycles. The normalized spacial score (nSPS) is 12.3. The van der Waals surface area contributed by atoms with E-state index in [0.717, 1.165) is 18.7 Å². The van der Waals surface area contributed by atoms with Gasteiger partial charge in [-0.1, -0.05) is 0 Å². The lowest BCUT2D eigenvalue weighted by Gasteiger charge is -2.19. The molecule has 0 aliphatic carbocycles. The fourth-order valence-electron chi connectivity index (χ4n) is 1.72. The molecule has 0 bridgehead atoms. The SMILES string of the molecule is COC(=O)c1ccc(N)c(NC(C)CCN(C)C)c1. The van der Waals surface area contributed by atoms with Gasteiger partial charge in [-0.05, 0) is 52.2 Å². The van der Waals surface area contributed by atoms with E-state index in [4.69, 9.17) is 10.5 Å². The minimum absolute atomic E-state index is 0.276. The Balaban J connectivity index is 2.73. The summed E-state index contributed by atoms with van der Waals surface area (Å²) in [6.07, 6.45) is 0.995. The number of hydrogen-bond donors (Lipinski definition) is 2. The molecule has 0 radical (unpaired) electrons. The van der Waals surface area contributed by atoms with Gasteiger partial charge in [0.05, 0.1) is 24.0 Å². The number of ether oxygens (including phenoxy) is 1. The molecule has 1 aromatic rings. The van der Waals surface area contributed by atoms with Crippen molar-refractivity contribution in [1.29, 1.82) is 0 Å². The van der Waals surface area contributed by atoms with E-state index in [0.29, 0.717) is 11.3 Å². The maximum absolute atomic E-state index is 11.5. The summed E-state index contributed by atoms with van der Waals surface area (Å²) in [6.45, 7) is 3.08. The van der Waals surface area contributed by atoms with Crippen molar-refractivity contribution in [3.8, 4) is 0 Å². The molecular weight excluding hydrogens is 242 g/mol. The Morgan fingerprint density at radius 1 is 1.47 bits per heavy atom. The van der Waals surface area contributed by atoms with Crippen LogP contribution in [0.15, 0.2) is 18.2 Å². The predicted octanol–water partition coefficient (Wildman–Crippen LogP) is 1.81. The molecule has 19 heavy (non-hydrogen) atoms. The predicted molar refractivity (Wildman–Crippen MR) is 78.4 cm³/mol. The van der Waals surface area contributed by atoms with Gasteiger partial charge < -0.3 is 20.7 Å². The van der Waals surface area contributed by atoms with Crippen molar-refractivity contribution in [3.63, 3.8) is 0 Å². The number of methoxy groups -OCH3 is 1. The second-order valence-electron chi connectivity index (χ2n) is 4.93. The summed E-state index contributed by atoms with van der Waals surface area (Å²) in [5.41, 5.74) is 7.81. The molecule has 106 valence electrons. The van der Waals surface area contributed by atoms with Crippen LogP contribution in [0.3, 0.4) is 0 Å². The lowest BCUT2D eigenvalue weighted by atomic mass is 10.1. The van der Waals surface area contributed by atoms with E-state index in [2.05, 4.69) is 17.1 Å². The molecule has 0 aliphatic rings. The third-order valence-corrected chi connectivity index (χ3v) is 2.89. The second-order valence-corrected chi connectivity index (χ2v) is 4.93. The molecule has 1 unspecified atom stereocenters. The van der Waals surface area contributed by atoms with Crippen LogP contribution in [0.4, 0.5) is 11.4 Å². The van der Waals surface area contributed by atoms with Crippen molar-refractivity contribution in [2.45, 2.75) is 19.4 Å². The molecule has 1 atom stereocenters. The Morgan fingerprint density at radius 3 is 2.74 bits per heavy atom. The summed E-state index contributed by atoms with van der Waals surface area (Å²) >= 11 is 0. The van der Waals surface area contributed by atoms with Gasteiger partial charge in [-0.3, -0.25) is 0 Å². The van der Waals surface area contributed by atoms with Crippen LogP contribution in [0.2, 0.25) is 0 Å². The minimum Gasteiger partial charge on any atom is -0.465 e. The third-order valence-electron chi connectivity index (χ3n) is 2.89. The van der Waals surface area contributed by atoms with E-state index in [1.54, 1.807) is 18.2 Å². The Morgan fingerprint density at radius 2 is 2.16 bits per heavy atom. The van der Waals surface area contributed by atoms with Crippen LogP contribution in [-0.2, 0) is 4.74 Å². The van der Waals surface area contributed by atoms with Crippen molar-refractivity contribution in [2.75, 3.05) is 38.8 Å². The summed E-state index contributed by atoms with van der Waals surface area (Å²) in [5, 5.41) is 3.33. The minimum atomic E-state index is -0.357.